The minimum Gasteiger partial charge on any atom is -0.0893 e. The Morgan fingerprint density at radius 3 is 2.50 bits per heavy atom. The molecular formula is C12H17ClSi. The second kappa shape index (κ2) is 6.05. The molecule has 1 aromatic rings. The largest absolute Gasteiger partial charge is 0.0893 e. The van der Waals surface area contributed by atoms with E-state index in [1.54, 1.807) is 0 Å². The summed E-state index contributed by atoms with van der Waals surface area (Å²) in [5.41, 5.74) is 1.29. The van der Waals surface area contributed by atoms with E-state index in [2.05, 4.69) is 31.2 Å². The molecule has 0 unspecified atom stereocenters. The normalized spacial score (nSPS) is 12.7. The first-order valence-corrected chi connectivity index (χ1v) is 6.54. The van der Waals surface area contributed by atoms with Gasteiger partial charge in [0.25, 0.3) is 0 Å². The van der Waals surface area contributed by atoms with Gasteiger partial charge in [0.15, 0.2) is 0 Å². The zero-order valence-corrected chi connectivity index (χ0v) is 11.6. The maximum atomic E-state index is 6.26. The van der Waals surface area contributed by atoms with Crippen molar-refractivity contribution in [2.24, 2.45) is 0 Å². The fourth-order valence-electron chi connectivity index (χ4n) is 1.36. The van der Waals surface area contributed by atoms with Crippen molar-refractivity contribution < 1.29 is 0 Å². The average molecular weight is 225 g/mol. The van der Waals surface area contributed by atoms with Crippen LogP contribution in [0, 0.1) is 0 Å². The summed E-state index contributed by atoms with van der Waals surface area (Å²) in [6.45, 7) is 2.19. The molecule has 0 aliphatic carbocycles. The molecule has 2 heteroatoms. The molecule has 76 valence electrons. The second-order valence-electron chi connectivity index (χ2n) is 3.50. The molecule has 0 aliphatic heterocycles. The summed E-state index contributed by atoms with van der Waals surface area (Å²) >= 11 is 6.26. The molecular weight excluding hydrogens is 208 g/mol. The summed E-state index contributed by atoms with van der Waals surface area (Å²) in [6.07, 6.45) is 3.43. The summed E-state index contributed by atoms with van der Waals surface area (Å²) in [5.74, 6) is 0. The first kappa shape index (κ1) is 11.5. The summed E-state index contributed by atoms with van der Waals surface area (Å²) < 4.78 is 0. The topological polar surface area (TPSA) is 0 Å². The lowest BCUT2D eigenvalue weighted by atomic mass is 10.1. The zero-order valence-electron chi connectivity index (χ0n) is 8.89. The molecule has 14 heavy (non-hydrogen) atoms. The third-order valence-electron chi connectivity index (χ3n) is 2.36. The first-order chi connectivity index (χ1) is 6.75. The molecule has 0 atom stereocenters. The Balaban J connectivity index is 2.77. The lowest BCUT2D eigenvalue weighted by molar-refractivity contribution is 0.809. The minimum absolute atomic E-state index is 1.02. The van der Waals surface area contributed by atoms with Gasteiger partial charge in [0.1, 0.15) is 0 Å². The molecule has 0 saturated heterocycles. The predicted octanol–water partition coefficient (Wildman–Crippen LogP) is 3.15. The van der Waals surface area contributed by atoms with E-state index in [0.717, 1.165) is 21.7 Å². The van der Waals surface area contributed by atoms with Crippen LogP contribution >= 0.6 is 11.6 Å². The molecule has 0 radical (unpaired) electrons. The van der Waals surface area contributed by atoms with Crippen LogP contribution in [0.25, 0.3) is 5.20 Å². The van der Waals surface area contributed by atoms with E-state index in [1.807, 2.05) is 6.07 Å². The van der Waals surface area contributed by atoms with Crippen molar-refractivity contribution in [2.45, 2.75) is 26.2 Å². The van der Waals surface area contributed by atoms with Gasteiger partial charge in [-0.15, -0.1) is 0 Å². The van der Waals surface area contributed by atoms with E-state index >= 15 is 0 Å². The fourth-order valence-corrected chi connectivity index (χ4v) is 2.19. The second-order valence-corrected chi connectivity index (χ2v) is 4.96. The van der Waals surface area contributed by atoms with Crippen molar-refractivity contribution in [2.75, 3.05) is 0 Å². The van der Waals surface area contributed by atoms with Crippen molar-refractivity contribution in [3.05, 3.63) is 40.9 Å². The van der Waals surface area contributed by atoms with Crippen molar-refractivity contribution >= 4 is 27.0 Å². The summed E-state index contributed by atoms with van der Waals surface area (Å²) in [4.78, 5) is 0. The first-order valence-electron chi connectivity index (χ1n) is 5.16. The van der Waals surface area contributed by atoms with Gasteiger partial charge in [-0.2, -0.15) is 0 Å². The zero-order chi connectivity index (χ0) is 10.4. The summed E-state index contributed by atoms with van der Waals surface area (Å²) in [7, 11) is 1.02. The molecule has 0 amide bonds. The molecule has 0 aliphatic rings. The van der Waals surface area contributed by atoms with Gasteiger partial charge in [0.05, 0.1) is 0 Å². The lowest BCUT2D eigenvalue weighted by Crippen LogP contribution is -1.87. The molecule has 0 bridgehead atoms. The van der Waals surface area contributed by atoms with Crippen molar-refractivity contribution in [3.63, 3.8) is 0 Å². The van der Waals surface area contributed by atoms with Gasteiger partial charge in [0.2, 0.25) is 0 Å². The van der Waals surface area contributed by atoms with Crippen molar-refractivity contribution in [3.8, 4) is 0 Å². The lowest BCUT2D eigenvalue weighted by Gasteiger charge is -2.05. The third kappa shape index (κ3) is 3.32. The molecule has 0 spiro atoms. The number of hydrogen-bond acceptors (Lipinski definition) is 0. The van der Waals surface area contributed by atoms with Gasteiger partial charge in [0, 0.05) is 15.3 Å². The molecule has 0 N–H and O–H groups in total. The highest BCUT2D eigenvalue weighted by Gasteiger charge is 2.00. The smallest absolute Gasteiger partial charge is 0.0408 e. The van der Waals surface area contributed by atoms with Crippen LogP contribution in [-0.4, -0.2) is 10.2 Å². The van der Waals surface area contributed by atoms with Crippen LogP contribution in [0.1, 0.15) is 31.7 Å². The molecule has 1 aromatic carbocycles. The highest BCUT2D eigenvalue weighted by Crippen LogP contribution is 2.22. The number of halogens is 1. The number of rotatable bonds is 4. The minimum atomic E-state index is 1.02. The Hall–Kier alpha value is -0.533. The van der Waals surface area contributed by atoms with Crippen LogP contribution in [0.2, 0.25) is 0 Å². The Bertz CT molecular complexity index is 303. The molecule has 0 nitrogen and oxygen atoms in total. The van der Waals surface area contributed by atoms with Crippen LogP contribution in [0.4, 0.5) is 0 Å². The van der Waals surface area contributed by atoms with E-state index in [9.17, 15) is 0 Å². The van der Waals surface area contributed by atoms with E-state index < -0.39 is 0 Å². The molecule has 1 rings (SSSR count). The SMILES string of the molecule is CCCCC(Cl)=C([SiH3])c1ccccc1. The third-order valence-corrected chi connectivity index (χ3v) is 4.33. The van der Waals surface area contributed by atoms with Gasteiger partial charge in [-0.3, -0.25) is 0 Å². The maximum Gasteiger partial charge on any atom is 0.0408 e. The Kier molecular flexibility index (Phi) is 4.98. The van der Waals surface area contributed by atoms with Gasteiger partial charge in [-0.1, -0.05) is 55.3 Å². The number of benzene rings is 1. The van der Waals surface area contributed by atoms with Gasteiger partial charge in [-0.25, -0.2) is 0 Å². The highest BCUT2D eigenvalue weighted by molar-refractivity contribution is 6.50. The monoisotopic (exact) mass is 224 g/mol. The van der Waals surface area contributed by atoms with E-state index in [0.29, 0.717) is 0 Å². The van der Waals surface area contributed by atoms with E-state index in [4.69, 9.17) is 11.6 Å². The van der Waals surface area contributed by atoms with E-state index in [1.165, 1.54) is 23.6 Å². The van der Waals surface area contributed by atoms with Crippen LogP contribution in [-0.2, 0) is 0 Å². The summed E-state index contributed by atoms with van der Waals surface area (Å²) in [6, 6.07) is 10.4. The van der Waals surface area contributed by atoms with Gasteiger partial charge < -0.3 is 0 Å². The van der Waals surface area contributed by atoms with Crippen LogP contribution in [0.5, 0.6) is 0 Å². The standard InChI is InChI=1S/C12H17ClSi/c1-2-3-9-11(13)12(14)10-7-5-4-6-8-10/h4-8H,2-3,9H2,1,14H3. The quantitative estimate of drug-likeness (QED) is 0.690. The predicted molar refractivity (Wildman–Crippen MR) is 68.7 cm³/mol. The molecule has 0 heterocycles. The fraction of sp³-hybridized carbons (Fsp3) is 0.333. The van der Waals surface area contributed by atoms with Crippen molar-refractivity contribution in [1.82, 2.24) is 0 Å². The maximum absolute atomic E-state index is 6.26. The Labute approximate surface area is 94.4 Å². The van der Waals surface area contributed by atoms with Crippen molar-refractivity contribution in [1.29, 1.82) is 0 Å². The van der Waals surface area contributed by atoms with Crippen LogP contribution < -0.4 is 0 Å². The number of unbranched alkanes of at least 4 members (excludes halogenated alkanes) is 1. The molecule has 0 fully saturated rings. The summed E-state index contributed by atoms with van der Waals surface area (Å²) in [5, 5.41) is 2.41. The highest BCUT2D eigenvalue weighted by atomic mass is 35.5. The molecule has 0 saturated carbocycles. The van der Waals surface area contributed by atoms with Gasteiger partial charge in [-0.05, 0) is 23.6 Å². The van der Waals surface area contributed by atoms with Gasteiger partial charge >= 0.3 is 0 Å². The van der Waals surface area contributed by atoms with Crippen LogP contribution in [0.15, 0.2) is 35.4 Å². The number of hydrogen-bond donors (Lipinski definition) is 0. The Morgan fingerprint density at radius 1 is 1.29 bits per heavy atom. The number of allylic oxidation sites excluding steroid dienone is 1. The Morgan fingerprint density at radius 2 is 1.93 bits per heavy atom. The molecule has 0 aromatic heterocycles. The average Bonchev–Trinajstić information content (AvgIpc) is 2.26. The van der Waals surface area contributed by atoms with E-state index in [-0.39, 0.29) is 0 Å². The van der Waals surface area contributed by atoms with Crippen LogP contribution in [0.3, 0.4) is 0 Å².